The smallest absolute Gasteiger partial charge is 0.224 e. The fourth-order valence-corrected chi connectivity index (χ4v) is 4.80. The van der Waals surface area contributed by atoms with Gasteiger partial charge in [-0.1, -0.05) is 57.9 Å². The Kier molecular flexibility index (Phi) is 7.11. The molecule has 2 aliphatic rings. The van der Waals surface area contributed by atoms with Gasteiger partial charge in [-0.3, -0.25) is 4.90 Å². The van der Waals surface area contributed by atoms with Crippen LogP contribution < -0.4 is 10.2 Å². The molecular formula is C26H39N5. The average molecular weight is 422 g/mol. The first-order chi connectivity index (χ1) is 15.0. The predicted octanol–water partition coefficient (Wildman–Crippen LogP) is 5.23. The van der Waals surface area contributed by atoms with Crippen molar-refractivity contribution in [3.63, 3.8) is 0 Å². The molecule has 0 saturated carbocycles. The second-order valence-corrected chi connectivity index (χ2v) is 10.2. The normalized spacial score (nSPS) is 20.6. The summed E-state index contributed by atoms with van der Waals surface area (Å²) in [5.74, 6) is 1.84. The van der Waals surface area contributed by atoms with E-state index < -0.39 is 0 Å². The van der Waals surface area contributed by atoms with Gasteiger partial charge in [-0.2, -0.15) is 4.98 Å². The first-order valence-electron chi connectivity index (χ1n) is 12.1. The highest BCUT2D eigenvalue weighted by molar-refractivity contribution is 5.42. The molecule has 2 aliphatic heterocycles. The van der Waals surface area contributed by atoms with Crippen molar-refractivity contribution >= 4 is 11.8 Å². The van der Waals surface area contributed by atoms with Gasteiger partial charge in [-0.05, 0) is 54.8 Å². The summed E-state index contributed by atoms with van der Waals surface area (Å²) in [5.41, 5.74) is 3.01. The van der Waals surface area contributed by atoms with Crippen molar-refractivity contribution < 1.29 is 0 Å². The van der Waals surface area contributed by atoms with E-state index in [1.54, 1.807) is 0 Å². The second kappa shape index (κ2) is 9.99. The summed E-state index contributed by atoms with van der Waals surface area (Å²) in [7, 11) is 0. The van der Waals surface area contributed by atoms with Gasteiger partial charge in [0, 0.05) is 38.4 Å². The number of aromatic nitrogens is 2. The molecule has 0 radical (unpaired) electrons. The SMILES string of the molecule is CC(C)(C)c1ccc(CN2CCCC2CNc2nccc(N3CCCCCC3)n2)cc1. The monoisotopic (exact) mass is 421 g/mol. The van der Waals surface area contributed by atoms with Gasteiger partial charge < -0.3 is 10.2 Å². The fourth-order valence-electron chi connectivity index (χ4n) is 4.80. The zero-order chi connectivity index (χ0) is 21.7. The Hall–Kier alpha value is -2.14. The molecule has 3 heterocycles. The average Bonchev–Trinajstić information content (AvgIpc) is 3.02. The quantitative estimate of drug-likeness (QED) is 0.692. The Balaban J connectivity index is 1.33. The molecule has 1 atom stereocenters. The van der Waals surface area contributed by atoms with E-state index >= 15 is 0 Å². The lowest BCUT2D eigenvalue weighted by atomic mass is 9.87. The number of benzene rings is 1. The van der Waals surface area contributed by atoms with E-state index in [1.807, 2.05) is 6.20 Å². The zero-order valence-corrected chi connectivity index (χ0v) is 19.6. The number of hydrogen-bond donors (Lipinski definition) is 1. The molecule has 168 valence electrons. The number of hydrogen-bond acceptors (Lipinski definition) is 5. The number of anilines is 2. The first-order valence-corrected chi connectivity index (χ1v) is 12.1. The molecule has 31 heavy (non-hydrogen) atoms. The molecule has 2 aromatic rings. The van der Waals surface area contributed by atoms with Crippen LogP contribution in [0.15, 0.2) is 36.5 Å². The Bertz CT molecular complexity index is 818. The van der Waals surface area contributed by atoms with E-state index in [-0.39, 0.29) is 5.41 Å². The molecule has 4 rings (SSSR count). The van der Waals surface area contributed by atoms with Crippen LogP contribution in [-0.4, -0.2) is 47.1 Å². The van der Waals surface area contributed by atoms with E-state index in [2.05, 4.69) is 71.2 Å². The van der Waals surface area contributed by atoms with Gasteiger partial charge in [0.1, 0.15) is 5.82 Å². The molecule has 0 bridgehead atoms. The van der Waals surface area contributed by atoms with Crippen molar-refractivity contribution in [3.8, 4) is 0 Å². The minimum atomic E-state index is 0.209. The lowest BCUT2D eigenvalue weighted by molar-refractivity contribution is 0.254. The van der Waals surface area contributed by atoms with Crippen LogP contribution in [0.1, 0.15) is 70.4 Å². The van der Waals surface area contributed by atoms with Gasteiger partial charge >= 0.3 is 0 Å². The van der Waals surface area contributed by atoms with Crippen molar-refractivity contribution in [3.05, 3.63) is 47.7 Å². The zero-order valence-electron chi connectivity index (χ0n) is 19.6. The molecule has 0 spiro atoms. The maximum Gasteiger partial charge on any atom is 0.224 e. The molecule has 0 amide bonds. The van der Waals surface area contributed by atoms with Crippen LogP contribution >= 0.6 is 0 Å². The van der Waals surface area contributed by atoms with Gasteiger partial charge in [-0.15, -0.1) is 0 Å². The highest BCUT2D eigenvalue weighted by atomic mass is 15.2. The Labute approximate surface area is 188 Å². The summed E-state index contributed by atoms with van der Waals surface area (Å²) in [6.45, 7) is 12.1. The van der Waals surface area contributed by atoms with Gasteiger partial charge in [0.15, 0.2) is 0 Å². The van der Waals surface area contributed by atoms with Crippen molar-refractivity contribution in [2.24, 2.45) is 0 Å². The molecule has 1 aromatic heterocycles. The highest BCUT2D eigenvalue weighted by Gasteiger charge is 2.25. The van der Waals surface area contributed by atoms with Crippen molar-refractivity contribution in [2.45, 2.75) is 77.3 Å². The maximum absolute atomic E-state index is 4.83. The fraction of sp³-hybridized carbons (Fsp3) is 0.615. The lowest BCUT2D eigenvalue weighted by Gasteiger charge is -2.26. The predicted molar refractivity (Wildman–Crippen MR) is 130 cm³/mol. The van der Waals surface area contributed by atoms with Crippen LogP contribution in [-0.2, 0) is 12.0 Å². The van der Waals surface area contributed by atoms with E-state index in [0.29, 0.717) is 6.04 Å². The summed E-state index contributed by atoms with van der Waals surface area (Å²) >= 11 is 0. The van der Waals surface area contributed by atoms with Crippen molar-refractivity contribution in [1.82, 2.24) is 14.9 Å². The van der Waals surface area contributed by atoms with Crippen LogP contribution in [0.5, 0.6) is 0 Å². The molecule has 1 aromatic carbocycles. The number of likely N-dealkylation sites (tertiary alicyclic amines) is 1. The summed E-state index contributed by atoms with van der Waals surface area (Å²) < 4.78 is 0. The van der Waals surface area contributed by atoms with Crippen LogP contribution in [0.2, 0.25) is 0 Å². The molecule has 2 saturated heterocycles. The standard InChI is InChI=1S/C26H39N5/c1-26(2,3)22-12-10-21(11-13-22)20-31-18-8-9-23(31)19-28-25-27-15-14-24(29-25)30-16-6-4-5-7-17-30/h10-15,23H,4-9,16-20H2,1-3H3,(H,27,28,29). The van der Waals surface area contributed by atoms with Crippen molar-refractivity contribution in [1.29, 1.82) is 0 Å². The molecule has 5 heteroatoms. The number of rotatable bonds is 6. The lowest BCUT2D eigenvalue weighted by Crippen LogP contribution is -2.35. The third-order valence-corrected chi connectivity index (χ3v) is 6.77. The number of nitrogens with one attached hydrogen (secondary N) is 1. The summed E-state index contributed by atoms with van der Waals surface area (Å²) in [5, 5.41) is 3.54. The minimum Gasteiger partial charge on any atom is -0.356 e. The van der Waals surface area contributed by atoms with E-state index in [4.69, 9.17) is 4.98 Å². The third-order valence-electron chi connectivity index (χ3n) is 6.77. The number of nitrogens with zero attached hydrogens (tertiary/aromatic N) is 4. The topological polar surface area (TPSA) is 44.3 Å². The Morgan fingerprint density at radius 1 is 0.935 bits per heavy atom. The molecule has 5 nitrogen and oxygen atoms in total. The molecule has 1 unspecified atom stereocenters. The molecular weight excluding hydrogens is 382 g/mol. The largest absolute Gasteiger partial charge is 0.356 e. The van der Waals surface area contributed by atoms with Gasteiger partial charge in [0.2, 0.25) is 5.95 Å². The van der Waals surface area contributed by atoms with Crippen LogP contribution in [0.4, 0.5) is 11.8 Å². The second-order valence-electron chi connectivity index (χ2n) is 10.2. The van der Waals surface area contributed by atoms with Crippen molar-refractivity contribution in [2.75, 3.05) is 36.4 Å². The van der Waals surface area contributed by atoms with Crippen LogP contribution in [0.25, 0.3) is 0 Å². The highest BCUT2D eigenvalue weighted by Crippen LogP contribution is 2.25. The minimum absolute atomic E-state index is 0.209. The molecule has 1 N–H and O–H groups in total. The van der Waals surface area contributed by atoms with Gasteiger partial charge in [0.05, 0.1) is 0 Å². The molecule has 2 fully saturated rings. The first kappa shape index (κ1) is 22.1. The summed E-state index contributed by atoms with van der Waals surface area (Å²) in [6.07, 6.45) is 9.60. The van der Waals surface area contributed by atoms with E-state index in [1.165, 1.54) is 56.2 Å². The maximum atomic E-state index is 4.83. The van der Waals surface area contributed by atoms with Gasteiger partial charge in [0.25, 0.3) is 0 Å². The Morgan fingerprint density at radius 3 is 2.39 bits per heavy atom. The van der Waals surface area contributed by atoms with Gasteiger partial charge in [-0.25, -0.2) is 4.98 Å². The third kappa shape index (κ3) is 5.97. The van der Waals surface area contributed by atoms with E-state index in [9.17, 15) is 0 Å². The molecule has 0 aliphatic carbocycles. The van der Waals surface area contributed by atoms with Crippen LogP contribution in [0, 0.1) is 0 Å². The summed E-state index contributed by atoms with van der Waals surface area (Å²) in [4.78, 5) is 14.3. The Morgan fingerprint density at radius 2 is 1.68 bits per heavy atom. The van der Waals surface area contributed by atoms with Crippen LogP contribution in [0.3, 0.4) is 0 Å². The summed E-state index contributed by atoms with van der Waals surface area (Å²) in [6, 6.07) is 11.8. The van der Waals surface area contributed by atoms with E-state index in [0.717, 1.165) is 37.9 Å².